The lowest BCUT2D eigenvalue weighted by molar-refractivity contribution is 0.202. The highest BCUT2D eigenvalue weighted by Crippen LogP contribution is 2.28. The highest BCUT2D eigenvalue weighted by Gasteiger charge is 2.22. The van der Waals surface area contributed by atoms with Crippen molar-refractivity contribution in [3.63, 3.8) is 0 Å². The van der Waals surface area contributed by atoms with Crippen molar-refractivity contribution < 1.29 is 0 Å². The lowest BCUT2D eigenvalue weighted by atomic mass is 9.97. The molecule has 0 spiro atoms. The van der Waals surface area contributed by atoms with Crippen LogP contribution in [0.15, 0.2) is 86.0 Å². The Hall–Kier alpha value is -3.32. The molecule has 0 aliphatic rings. The first-order valence-corrected chi connectivity index (χ1v) is 9.39. The fourth-order valence-electron chi connectivity index (χ4n) is 3.41. The summed E-state index contributed by atoms with van der Waals surface area (Å²) in [5, 5.41) is 8.51. The molecule has 0 N–H and O–H groups in total. The number of hydrogen-bond donors (Lipinski definition) is 0. The summed E-state index contributed by atoms with van der Waals surface area (Å²) in [6, 6.07) is 21.4. The summed E-state index contributed by atoms with van der Waals surface area (Å²) in [7, 11) is 0. The van der Waals surface area contributed by atoms with E-state index in [2.05, 4.69) is 85.7 Å². The third-order valence-corrected chi connectivity index (χ3v) is 4.76. The number of hydrogen-bond acceptors (Lipinski definition) is 5. The van der Waals surface area contributed by atoms with Gasteiger partial charge in [0.25, 0.3) is 0 Å². The van der Waals surface area contributed by atoms with E-state index in [0.717, 1.165) is 26.2 Å². The first kappa shape index (κ1) is 18.1. The molecule has 7 nitrogen and oxygen atoms in total. The average molecular weight is 373 g/mol. The summed E-state index contributed by atoms with van der Waals surface area (Å²) in [6.07, 6.45) is 6.67. The summed E-state index contributed by atoms with van der Waals surface area (Å²) in [4.78, 5) is 10.6. The van der Waals surface area contributed by atoms with Crippen LogP contribution in [0.3, 0.4) is 0 Å². The van der Waals surface area contributed by atoms with Crippen LogP contribution >= 0.6 is 0 Å². The summed E-state index contributed by atoms with van der Waals surface area (Å²) >= 11 is 0. The van der Waals surface area contributed by atoms with Crippen LogP contribution in [-0.4, -0.2) is 47.5 Å². The third kappa shape index (κ3) is 4.50. The van der Waals surface area contributed by atoms with E-state index in [9.17, 15) is 0 Å². The van der Waals surface area contributed by atoms with Crippen LogP contribution in [0.4, 0.5) is 0 Å². The van der Waals surface area contributed by atoms with Gasteiger partial charge in [0.15, 0.2) is 0 Å². The van der Waals surface area contributed by atoms with Gasteiger partial charge in [-0.1, -0.05) is 60.7 Å². The molecule has 0 unspecified atom stereocenters. The Morgan fingerprint density at radius 1 is 0.679 bits per heavy atom. The molecule has 7 heteroatoms. The van der Waals surface area contributed by atoms with E-state index in [4.69, 9.17) is 0 Å². The first-order chi connectivity index (χ1) is 13.9. The Labute approximate surface area is 164 Å². The van der Waals surface area contributed by atoms with Gasteiger partial charge in [0, 0.05) is 13.1 Å². The second-order valence-corrected chi connectivity index (χ2v) is 6.58. The summed E-state index contributed by atoms with van der Waals surface area (Å²) in [6.45, 7) is 3.22. The van der Waals surface area contributed by atoms with Crippen LogP contribution in [0, 0.1) is 0 Å². The quantitative estimate of drug-likeness (QED) is 0.451. The van der Waals surface area contributed by atoms with Gasteiger partial charge in [-0.05, 0) is 11.1 Å². The van der Waals surface area contributed by atoms with E-state index in [1.807, 2.05) is 9.36 Å². The second kappa shape index (κ2) is 9.05. The second-order valence-electron chi connectivity index (χ2n) is 6.58. The Balaban J connectivity index is 1.62. The van der Waals surface area contributed by atoms with Crippen LogP contribution < -0.4 is 0 Å². The molecule has 28 heavy (non-hydrogen) atoms. The fourth-order valence-corrected chi connectivity index (χ4v) is 3.41. The van der Waals surface area contributed by atoms with E-state index in [-0.39, 0.29) is 6.04 Å². The Morgan fingerprint density at radius 2 is 1.14 bits per heavy atom. The maximum Gasteiger partial charge on any atom is 0.137 e. The number of rotatable bonds is 9. The van der Waals surface area contributed by atoms with Gasteiger partial charge >= 0.3 is 0 Å². The molecule has 0 amide bonds. The standard InChI is InChI=1S/C21H23N7/c1-3-7-19(8-4-1)21(20-9-5-2-6-10-20)26(11-13-27-17-22-15-24-27)12-14-28-18-23-16-25-28/h1-10,15-18,21H,11-14H2. The van der Waals surface area contributed by atoms with Crippen molar-refractivity contribution in [2.45, 2.75) is 19.1 Å². The van der Waals surface area contributed by atoms with Crippen molar-refractivity contribution >= 4 is 0 Å². The van der Waals surface area contributed by atoms with E-state index < -0.39 is 0 Å². The van der Waals surface area contributed by atoms with Gasteiger partial charge in [-0.3, -0.25) is 14.3 Å². The van der Waals surface area contributed by atoms with E-state index >= 15 is 0 Å². The molecule has 0 aliphatic carbocycles. The van der Waals surface area contributed by atoms with Crippen LogP contribution in [0.5, 0.6) is 0 Å². The molecule has 0 aliphatic heterocycles. The zero-order valence-electron chi connectivity index (χ0n) is 15.6. The minimum atomic E-state index is 0.148. The fraction of sp³-hybridized carbons (Fsp3) is 0.238. The first-order valence-electron chi connectivity index (χ1n) is 9.39. The van der Waals surface area contributed by atoms with Gasteiger partial charge in [-0.25, -0.2) is 9.97 Å². The highest BCUT2D eigenvalue weighted by molar-refractivity contribution is 5.31. The minimum absolute atomic E-state index is 0.148. The molecule has 0 radical (unpaired) electrons. The van der Waals surface area contributed by atoms with Crippen LogP contribution in [0.25, 0.3) is 0 Å². The van der Waals surface area contributed by atoms with Crippen molar-refractivity contribution in [2.75, 3.05) is 13.1 Å². The third-order valence-electron chi connectivity index (χ3n) is 4.76. The predicted octanol–water partition coefficient (Wildman–Crippen LogP) is 2.66. The topological polar surface area (TPSA) is 64.7 Å². The summed E-state index contributed by atoms with van der Waals surface area (Å²) in [5.41, 5.74) is 2.54. The Kier molecular flexibility index (Phi) is 5.84. The molecular weight excluding hydrogens is 350 g/mol. The van der Waals surface area contributed by atoms with Crippen LogP contribution in [-0.2, 0) is 13.1 Å². The molecular formula is C21H23N7. The number of aromatic nitrogens is 6. The van der Waals surface area contributed by atoms with Crippen molar-refractivity contribution in [3.05, 3.63) is 97.1 Å². The highest BCUT2D eigenvalue weighted by atomic mass is 15.3. The van der Waals surface area contributed by atoms with Crippen molar-refractivity contribution in [1.82, 2.24) is 34.4 Å². The lowest BCUT2D eigenvalue weighted by Crippen LogP contribution is -2.35. The maximum atomic E-state index is 4.25. The normalized spacial score (nSPS) is 11.4. The molecule has 0 atom stereocenters. The molecule has 4 rings (SSSR count). The lowest BCUT2D eigenvalue weighted by Gasteiger charge is -2.32. The maximum absolute atomic E-state index is 4.25. The van der Waals surface area contributed by atoms with Crippen LogP contribution in [0.2, 0.25) is 0 Å². The molecule has 0 fully saturated rings. The molecule has 142 valence electrons. The Morgan fingerprint density at radius 3 is 1.54 bits per heavy atom. The van der Waals surface area contributed by atoms with Gasteiger partial charge in [0.1, 0.15) is 25.3 Å². The SMILES string of the molecule is c1ccc(C(c2ccccc2)N(CCn2cncn2)CCn2cncn2)cc1. The molecule has 4 aromatic rings. The molecule has 0 saturated heterocycles. The van der Waals surface area contributed by atoms with Gasteiger partial charge < -0.3 is 0 Å². The van der Waals surface area contributed by atoms with Gasteiger partial charge in [-0.2, -0.15) is 10.2 Å². The monoisotopic (exact) mass is 373 g/mol. The van der Waals surface area contributed by atoms with E-state index in [0.29, 0.717) is 0 Å². The molecule has 2 aromatic heterocycles. The zero-order chi connectivity index (χ0) is 19.0. The largest absolute Gasteiger partial charge is 0.289 e. The van der Waals surface area contributed by atoms with E-state index in [1.54, 1.807) is 25.3 Å². The Bertz CT molecular complexity index is 844. The zero-order valence-corrected chi connectivity index (χ0v) is 15.6. The smallest absolute Gasteiger partial charge is 0.137 e. The average Bonchev–Trinajstić information content (AvgIpc) is 3.45. The summed E-state index contributed by atoms with van der Waals surface area (Å²) in [5.74, 6) is 0. The van der Waals surface area contributed by atoms with Crippen molar-refractivity contribution in [2.24, 2.45) is 0 Å². The van der Waals surface area contributed by atoms with Crippen LogP contribution in [0.1, 0.15) is 17.2 Å². The molecule has 2 aromatic carbocycles. The van der Waals surface area contributed by atoms with Gasteiger partial charge in [0.05, 0.1) is 19.1 Å². The minimum Gasteiger partial charge on any atom is -0.289 e. The number of benzene rings is 2. The summed E-state index contributed by atoms with van der Waals surface area (Å²) < 4.78 is 3.74. The van der Waals surface area contributed by atoms with E-state index in [1.165, 1.54) is 11.1 Å². The molecule has 2 heterocycles. The molecule has 0 saturated carbocycles. The van der Waals surface area contributed by atoms with Gasteiger partial charge in [0.2, 0.25) is 0 Å². The van der Waals surface area contributed by atoms with Gasteiger partial charge in [-0.15, -0.1) is 0 Å². The van der Waals surface area contributed by atoms with Crippen molar-refractivity contribution in [1.29, 1.82) is 0 Å². The molecule has 0 bridgehead atoms. The number of nitrogens with zero attached hydrogens (tertiary/aromatic N) is 7. The predicted molar refractivity (Wildman–Crippen MR) is 106 cm³/mol. The van der Waals surface area contributed by atoms with Crippen molar-refractivity contribution in [3.8, 4) is 0 Å².